The Labute approximate surface area is 142 Å². The second-order valence-electron chi connectivity index (χ2n) is 5.90. The molecular weight excluding hydrogens is 304 g/mol. The number of rotatable bonds is 6. The number of methoxy groups -OCH3 is 1. The first-order valence-corrected chi connectivity index (χ1v) is 8.15. The molecule has 0 N–H and O–H groups in total. The number of hydrogen-bond donors (Lipinski definition) is 0. The summed E-state index contributed by atoms with van der Waals surface area (Å²) in [6, 6.07) is 13.4. The molecule has 24 heavy (non-hydrogen) atoms. The van der Waals surface area contributed by atoms with E-state index in [2.05, 4.69) is 9.88 Å². The summed E-state index contributed by atoms with van der Waals surface area (Å²) >= 11 is 0. The third kappa shape index (κ3) is 4.19. The fourth-order valence-corrected chi connectivity index (χ4v) is 2.94. The lowest BCUT2D eigenvalue weighted by Crippen LogP contribution is -2.45. The summed E-state index contributed by atoms with van der Waals surface area (Å²) in [5.74, 6) is 0.765. The molecule has 1 atom stereocenters. The highest BCUT2D eigenvalue weighted by molar-refractivity contribution is 5.96. The van der Waals surface area contributed by atoms with Gasteiger partial charge in [-0.1, -0.05) is 30.3 Å². The highest BCUT2D eigenvalue weighted by Crippen LogP contribution is 2.18. The summed E-state index contributed by atoms with van der Waals surface area (Å²) in [7, 11) is 1.61. The minimum atomic E-state index is 0.0885. The number of morpholine rings is 1. The quantitative estimate of drug-likeness (QED) is 0.764. The molecule has 126 valence electrons. The van der Waals surface area contributed by atoms with Gasteiger partial charge in [-0.05, 0) is 11.6 Å². The molecule has 0 unspecified atom stereocenters. The van der Waals surface area contributed by atoms with Crippen LogP contribution in [-0.4, -0.2) is 48.6 Å². The molecule has 1 fully saturated rings. The molecule has 0 radical (unpaired) electrons. The maximum atomic E-state index is 12.5. The second kappa shape index (κ2) is 8.04. The van der Waals surface area contributed by atoms with E-state index < -0.39 is 0 Å². The number of pyridine rings is 1. The number of nitrogens with zero attached hydrogens (tertiary/aromatic N) is 2. The van der Waals surface area contributed by atoms with Gasteiger partial charge in [-0.15, -0.1) is 0 Å². The van der Waals surface area contributed by atoms with E-state index in [1.165, 1.54) is 0 Å². The van der Waals surface area contributed by atoms with E-state index in [9.17, 15) is 4.79 Å². The highest BCUT2D eigenvalue weighted by atomic mass is 16.5. The van der Waals surface area contributed by atoms with Crippen LogP contribution in [0, 0.1) is 0 Å². The maximum absolute atomic E-state index is 12.5. The van der Waals surface area contributed by atoms with Crippen LogP contribution in [0.25, 0.3) is 0 Å². The molecule has 5 nitrogen and oxygen atoms in total. The Balaban J connectivity index is 1.68. The van der Waals surface area contributed by atoms with Gasteiger partial charge in [-0.2, -0.15) is 0 Å². The monoisotopic (exact) mass is 326 g/mol. The van der Waals surface area contributed by atoms with Gasteiger partial charge in [0.25, 0.3) is 0 Å². The van der Waals surface area contributed by atoms with Gasteiger partial charge in [0.1, 0.15) is 0 Å². The highest BCUT2D eigenvalue weighted by Gasteiger charge is 2.26. The van der Waals surface area contributed by atoms with Gasteiger partial charge in [0.15, 0.2) is 5.78 Å². The minimum absolute atomic E-state index is 0.0885. The summed E-state index contributed by atoms with van der Waals surface area (Å²) in [5.41, 5.74) is 1.88. The van der Waals surface area contributed by atoms with Crippen LogP contribution in [0.2, 0.25) is 0 Å². The molecule has 2 heterocycles. The van der Waals surface area contributed by atoms with Gasteiger partial charge in [0.05, 0.1) is 20.3 Å². The van der Waals surface area contributed by atoms with E-state index in [1.807, 2.05) is 42.5 Å². The van der Waals surface area contributed by atoms with Crippen molar-refractivity contribution < 1.29 is 14.3 Å². The van der Waals surface area contributed by atoms with E-state index in [-0.39, 0.29) is 11.8 Å². The van der Waals surface area contributed by atoms with Gasteiger partial charge < -0.3 is 9.47 Å². The van der Waals surface area contributed by atoms with E-state index in [0.717, 1.165) is 24.2 Å². The minimum Gasteiger partial charge on any atom is -0.481 e. The summed E-state index contributed by atoms with van der Waals surface area (Å²) in [6.07, 6.45) is 2.21. The van der Waals surface area contributed by atoms with Crippen LogP contribution < -0.4 is 4.74 Å². The standard InChI is InChI=1S/C19H22N2O3/c1-23-19-11-15(7-8-20-19)13-21-9-10-24-14-17(21)12-18(22)16-5-3-2-4-6-16/h2-8,11,17H,9-10,12-14H2,1H3/t17-/m1/s1. The normalized spacial score (nSPS) is 18.3. The Hall–Kier alpha value is -2.24. The molecule has 1 saturated heterocycles. The van der Waals surface area contributed by atoms with Crippen molar-refractivity contribution in [1.82, 2.24) is 9.88 Å². The molecular formula is C19H22N2O3. The van der Waals surface area contributed by atoms with Gasteiger partial charge >= 0.3 is 0 Å². The number of Topliss-reactive ketones (excluding diaryl/α,β-unsaturated/α-hetero) is 1. The summed E-state index contributed by atoms with van der Waals surface area (Å²) < 4.78 is 10.8. The third-order valence-electron chi connectivity index (χ3n) is 4.26. The van der Waals surface area contributed by atoms with Gasteiger partial charge in [-0.3, -0.25) is 9.69 Å². The fraction of sp³-hybridized carbons (Fsp3) is 0.368. The molecule has 1 aliphatic heterocycles. The van der Waals surface area contributed by atoms with Crippen molar-refractivity contribution in [3.8, 4) is 5.88 Å². The Bertz CT molecular complexity index is 675. The summed E-state index contributed by atoms with van der Waals surface area (Å²) in [4.78, 5) is 18.9. The average molecular weight is 326 g/mol. The van der Waals surface area contributed by atoms with Crippen molar-refractivity contribution >= 4 is 5.78 Å². The number of aromatic nitrogens is 1. The maximum Gasteiger partial charge on any atom is 0.213 e. The van der Waals surface area contributed by atoms with E-state index >= 15 is 0 Å². The van der Waals surface area contributed by atoms with E-state index in [1.54, 1.807) is 13.3 Å². The SMILES string of the molecule is COc1cc(CN2CCOC[C@H]2CC(=O)c2ccccc2)ccn1. The lowest BCUT2D eigenvalue weighted by atomic mass is 10.0. The largest absolute Gasteiger partial charge is 0.481 e. The lowest BCUT2D eigenvalue weighted by Gasteiger charge is -2.35. The smallest absolute Gasteiger partial charge is 0.213 e. The molecule has 1 aromatic heterocycles. The van der Waals surface area contributed by atoms with Crippen molar-refractivity contribution in [1.29, 1.82) is 0 Å². The van der Waals surface area contributed by atoms with Gasteiger partial charge in [0, 0.05) is 43.4 Å². The van der Waals surface area contributed by atoms with E-state index in [0.29, 0.717) is 25.5 Å². The van der Waals surface area contributed by atoms with Crippen LogP contribution in [0.1, 0.15) is 22.3 Å². The zero-order valence-electron chi connectivity index (χ0n) is 13.9. The van der Waals surface area contributed by atoms with Crippen LogP contribution in [0.15, 0.2) is 48.7 Å². The topological polar surface area (TPSA) is 51.7 Å². The van der Waals surface area contributed by atoms with E-state index in [4.69, 9.17) is 9.47 Å². The molecule has 2 aromatic rings. The molecule has 1 aromatic carbocycles. The zero-order chi connectivity index (χ0) is 16.8. The van der Waals surface area contributed by atoms with Crippen LogP contribution in [0.5, 0.6) is 5.88 Å². The van der Waals surface area contributed by atoms with Gasteiger partial charge in [0.2, 0.25) is 5.88 Å². The Morgan fingerprint density at radius 1 is 1.33 bits per heavy atom. The van der Waals surface area contributed by atoms with Crippen molar-refractivity contribution in [3.63, 3.8) is 0 Å². The number of carbonyl (C=O) groups excluding carboxylic acids is 1. The molecule has 0 bridgehead atoms. The predicted molar refractivity (Wildman–Crippen MR) is 91.2 cm³/mol. The first-order valence-electron chi connectivity index (χ1n) is 8.15. The average Bonchev–Trinajstić information content (AvgIpc) is 2.64. The number of ether oxygens (including phenoxy) is 2. The third-order valence-corrected chi connectivity index (χ3v) is 4.26. The molecule has 0 aliphatic carbocycles. The molecule has 5 heteroatoms. The van der Waals surface area contributed by atoms with Crippen molar-refractivity contribution in [2.24, 2.45) is 0 Å². The first kappa shape index (κ1) is 16.6. The summed E-state index contributed by atoms with van der Waals surface area (Å²) in [5, 5.41) is 0. The van der Waals surface area contributed by atoms with Gasteiger partial charge in [-0.25, -0.2) is 4.98 Å². The van der Waals surface area contributed by atoms with Crippen molar-refractivity contribution in [3.05, 3.63) is 59.8 Å². The number of hydrogen-bond acceptors (Lipinski definition) is 5. The van der Waals surface area contributed by atoms with Crippen LogP contribution in [-0.2, 0) is 11.3 Å². The van der Waals surface area contributed by atoms with Crippen molar-refractivity contribution in [2.75, 3.05) is 26.9 Å². The van der Waals surface area contributed by atoms with Crippen LogP contribution >= 0.6 is 0 Å². The van der Waals surface area contributed by atoms with Crippen LogP contribution in [0.4, 0.5) is 0 Å². The van der Waals surface area contributed by atoms with Crippen LogP contribution in [0.3, 0.4) is 0 Å². The molecule has 0 amide bonds. The number of ketones is 1. The lowest BCUT2D eigenvalue weighted by molar-refractivity contribution is -0.0126. The number of benzene rings is 1. The van der Waals surface area contributed by atoms with Crippen molar-refractivity contribution in [2.45, 2.75) is 19.0 Å². The first-order chi connectivity index (χ1) is 11.8. The zero-order valence-corrected chi connectivity index (χ0v) is 13.9. The Morgan fingerprint density at radius 2 is 2.17 bits per heavy atom. The molecule has 3 rings (SSSR count). The fourth-order valence-electron chi connectivity index (χ4n) is 2.94. The Kier molecular flexibility index (Phi) is 5.56. The Morgan fingerprint density at radius 3 is 2.96 bits per heavy atom. The molecule has 0 saturated carbocycles. The molecule has 0 spiro atoms. The molecule has 1 aliphatic rings. The predicted octanol–water partition coefficient (Wildman–Crippen LogP) is 2.56. The number of carbonyl (C=O) groups is 1. The summed E-state index contributed by atoms with van der Waals surface area (Å²) in [6.45, 7) is 2.85. The second-order valence-corrected chi connectivity index (χ2v) is 5.90.